The Hall–Kier alpha value is -2.15. The molecule has 20 heavy (non-hydrogen) atoms. The predicted octanol–water partition coefficient (Wildman–Crippen LogP) is 2.51. The Morgan fingerprint density at radius 3 is 2.90 bits per heavy atom. The fourth-order valence-corrected chi connectivity index (χ4v) is 1.82. The lowest BCUT2D eigenvalue weighted by Crippen LogP contribution is -2.11. The van der Waals surface area contributed by atoms with E-state index in [9.17, 15) is 4.79 Å². The second-order valence-corrected chi connectivity index (χ2v) is 4.45. The third-order valence-electron chi connectivity index (χ3n) is 2.36. The highest BCUT2D eigenvalue weighted by Gasteiger charge is 2.16. The maximum Gasteiger partial charge on any atom is 0.343 e. The van der Waals surface area contributed by atoms with E-state index < -0.39 is 5.97 Å². The average Bonchev–Trinajstić information content (AvgIpc) is 2.48. The number of nitrogens with one attached hydrogen (secondary N) is 1. The highest BCUT2D eigenvalue weighted by atomic mass is 32.2. The number of hydrogen-bond donors (Lipinski definition) is 1. The van der Waals surface area contributed by atoms with Crippen LogP contribution in [0.1, 0.15) is 17.3 Å². The van der Waals surface area contributed by atoms with Crippen molar-refractivity contribution in [1.29, 1.82) is 0 Å². The highest BCUT2D eigenvalue weighted by molar-refractivity contribution is 7.98. The van der Waals surface area contributed by atoms with Gasteiger partial charge in [0, 0.05) is 12.4 Å². The normalized spacial score (nSPS) is 10.1. The highest BCUT2D eigenvalue weighted by Crippen LogP contribution is 2.20. The largest absolute Gasteiger partial charge is 0.462 e. The summed E-state index contributed by atoms with van der Waals surface area (Å²) in [7, 11) is 0. The van der Waals surface area contributed by atoms with Crippen LogP contribution in [0.5, 0.6) is 0 Å². The molecule has 1 N–H and O–H groups in total. The Morgan fingerprint density at radius 1 is 1.40 bits per heavy atom. The number of carbonyl (C=O) groups is 1. The molecule has 2 heterocycles. The van der Waals surface area contributed by atoms with Crippen molar-refractivity contribution in [2.24, 2.45) is 0 Å². The first kappa shape index (κ1) is 14.3. The Morgan fingerprint density at radius 2 is 2.25 bits per heavy atom. The van der Waals surface area contributed by atoms with Crippen molar-refractivity contribution >= 4 is 29.4 Å². The van der Waals surface area contributed by atoms with Crippen molar-refractivity contribution in [1.82, 2.24) is 15.0 Å². The fraction of sp³-hybridized carbons (Fsp3) is 0.231. The van der Waals surface area contributed by atoms with Gasteiger partial charge >= 0.3 is 5.97 Å². The van der Waals surface area contributed by atoms with E-state index in [4.69, 9.17) is 4.74 Å². The van der Waals surface area contributed by atoms with E-state index in [2.05, 4.69) is 20.3 Å². The van der Waals surface area contributed by atoms with Crippen LogP contribution in [0.2, 0.25) is 0 Å². The number of carbonyl (C=O) groups excluding carboxylic acids is 1. The number of aromatic nitrogens is 3. The maximum atomic E-state index is 11.9. The number of anilines is 2. The molecule has 2 aromatic heterocycles. The van der Waals surface area contributed by atoms with Gasteiger partial charge in [0.05, 0.1) is 6.61 Å². The molecule has 0 bridgehead atoms. The minimum atomic E-state index is -0.460. The van der Waals surface area contributed by atoms with Crippen molar-refractivity contribution in [2.45, 2.75) is 12.1 Å². The lowest BCUT2D eigenvalue weighted by Gasteiger charge is -2.10. The van der Waals surface area contributed by atoms with Crippen LogP contribution in [-0.2, 0) is 4.74 Å². The van der Waals surface area contributed by atoms with Gasteiger partial charge in [-0.05, 0) is 25.3 Å². The molecule has 0 aliphatic heterocycles. The molecule has 0 saturated carbocycles. The molecule has 0 saturated heterocycles. The molecule has 0 amide bonds. The Labute approximate surface area is 121 Å². The van der Waals surface area contributed by atoms with Gasteiger partial charge in [-0.3, -0.25) is 0 Å². The zero-order chi connectivity index (χ0) is 14.4. The third kappa shape index (κ3) is 3.45. The summed E-state index contributed by atoms with van der Waals surface area (Å²) in [5.74, 6) is 0.531. The average molecular weight is 290 g/mol. The molecule has 0 fully saturated rings. The lowest BCUT2D eigenvalue weighted by molar-refractivity contribution is 0.0526. The molecule has 0 atom stereocenters. The topological polar surface area (TPSA) is 77.0 Å². The van der Waals surface area contributed by atoms with Gasteiger partial charge in [-0.2, -0.15) is 0 Å². The second-order valence-electron chi connectivity index (χ2n) is 3.68. The molecule has 0 radical (unpaired) electrons. The summed E-state index contributed by atoms with van der Waals surface area (Å²) in [6.45, 7) is 2.05. The first-order valence-electron chi connectivity index (χ1n) is 6.00. The molecule has 6 nitrogen and oxygen atoms in total. The van der Waals surface area contributed by atoms with Crippen molar-refractivity contribution in [2.75, 3.05) is 18.2 Å². The first-order valence-corrected chi connectivity index (χ1v) is 7.23. The Balaban J connectivity index is 2.34. The van der Waals surface area contributed by atoms with Crippen LogP contribution in [0.4, 0.5) is 11.6 Å². The van der Waals surface area contributed by atoms with Crippen molar-refractivity contribution in [3.63, 3.8) is 0 Å². The summed E-state index contributed by atoms with van der Waals surface area (Å²) in [5.41, 5.74) is 0.287. The number of rotatable bonds is 5. The molecular formula is C13H14N4O2S. The summed E-state index contributed by atoms with van der Waals surface area (Å²) in [6, 6.07) is 5.44. The molecule has 2 rings (SSSR count). The molecule has 2 aromatic rings. The molecule has 0 spiro atoms. The van der Waals surface area contributed by atoms with Crippen molar-refractivity contribution < 1.29 is 9.53 Å². The first-order chi connectivity index (χ1) is 9.74. The standard InChI is InChI=1S/C13H14N4O2S/c1-3-19-12(18)9-8-15-13(20-2)17-11(9)16-10-6-4-5-7-14-10/h4-8H,3H2,1-2H3,(H,14,15,16,17). The maximum absolute atomic E-state index is 11.9. The van der Waals surface area contributed by atoms with Crippen LogP contribution in [0.3, 0.4) is 0 Å². The van der Waals surface area contributed by atoms with Gasteiger partial charge in [-0.15, -0.1) is 0 Å². The number of hydrogen-bond acceptors (Lipinski definition) is 7. The summed E-state index contributed by atoms with van der Waals surface area (Å²) in [6.07, 6.45) is 4.98. The van der Waals surface area contributed by atoms with Gasteiger partial charge in [-0.25, -0.2) is 19.7 Å². The molecule has 7 heteroatoms. The summed E-state index contributed by atoms with van der Waals surface area (Å²) in [5, 5.41) is 3.58. The van der Waals surface area contributed by atoms with Crippen LogP contribution in [0, 0.1) is 0 Å². The molecule has 0 unspecified atom stereocenters. The number of thioether (sulfide) groups is 1. The Bertz CT molecular complexity index is 592. The molecular weight excluding hydrogens is 276 g/mol. The van der Waals surface area contributed by atoms with Crippen LogP contribution >= 0.6 is 11.8 Å². The van der Waals surface area contributed by atoms with E-state index in [1.54, 1.807) is 19.2 Å². The monoisotopic (exact) mass is 290 g/mol. The number of pyridine rings is 1. The van der Waals surface area contributed by atoms with E-state index in [-0.39, 0.29) is 5.56 Å². The molecule has 104 valence electrons. The zero-order valence-electron chi connectivity index (χ0n) is 11.2. The number of esters is 1. The zero-order valence-corrected chi connectivity index (χ0v) is 12.0. The minimum absolute atomic E-state index is 0.287. The quantitative estimate of drug-likeness (QED) is 0.515. The third-order valence-corrected chi connectivity index (χ3v) is 2.92. The molecule has 0 aromatic carbocycles. The van der Waals surface area contributed by atoms with Crippen LogP contribution < -0.4 is 5.32 Å². The minimum Gasteiger partial charge on any atom is -0.462 e. The van der Waals surface area contributed by atoms with E-state index in [1.165, 1.54) is 18.0 Å². The van der Waals surface area contributed by atoms with Crippen molar-refractivity contribution in [3.05, 3.63) is 36.2 Å². The van der Waals surface area contributed by atoms with Crippen LogP contribution in [0.25, 0.3) is 0 Å². The van der Waals surface area contributed by atoms with E-state index in [0.29, 0.717) is 23.4 Å². The van der Waals surface area contributed by atoms with Gasteiger partial charge in [0.25, 0.3) is 0 Å². The van der Waals surface area contributed by atoms with Gasteiger partial charge < -0.3 is 10.1 Å². The van der Waals surface area contributed by atoms with Gasteiger partial charge in [0.2, 0.25) is 0 Å². The SMILES string of the molecule is CCOC(=O)c1cnc(SC)nc1Nc1ccccn1. The number of ether oxygens (including phenoxy) is 1. The van der Waals surface area contributed by atoms with E-state index in [0.717, 1.165) is 0 Å². The van der Waals surface area contributed by atoms with Crippen LogP contribution in [0.15, 0.2) is 35.7 Å². The van der Waals surface area contributed by atoms with E-state index >= 15 is 0 Å². The van der Waals surface area contributed by atoms with Gasteiger partial charge in [-0.1, -0.05) is 17.8 Å². The van der Waals surface area contributed by atoms with E-state index in [1.807, 2.05) is 18.4 Å². The molecule has 0 aliphatic carbocycles. The van der Waals surface area contributed by atoms with Crippen molar-refractivity contribution in [3.8, 4) is 0 Å². The lowest BCUT2D eigenvalue weighted by atomic mass is 10.3. The Kier molecular flexibility index (Phi) is 4.89. The number of nitrogens with zero attached hydrogens (tertiary/aromatic N) is 3. The molecule has 0 aliphatic rings. The van der Waals surface area contributed by atoms with Gasteiger partial charge in [0.1, 0.15) is 11.4 Å². The summed E-state index contributed by atoms with van der Waals surface area (Å²) >= 11 is 1.39. The smallest absolute Gasteiger partial charge is 0.343 e. The predicted molar refractivity (Wildman–Crippen MR) is 77.3 cm³/mol. The van der Waals surface area contributed by atoms with Gasteiger partial charge in [0.15, 0.2) is 11.0 Å². The summed E-state index contributed by atoms with van der Waals surface area (Å²) < 4.78 is 4.99. The van der Waals surface area contributed by atoms with Crippen LogP contribution in [-0.4, -0.2) is 33.8 Å². The fourth-order valence-electron chi connectivity index (χ4n) is 1.48. The second kappa shape index (κ2) is 6.85. The summed E-state index contributed by atoms with van der Waals surface area (Å²) in [4.78, 5) is 24.4.